The highest BCUT2D eigenvalue weighted by Crippen LogP contribution is 2.31. The molecule has 3 N–H and O–H groups in total. The van der Waals surface area contributed by atoms with Gasteiger partial charge in [0.05, 0.1) is 17.8 Å². The van der Waals surface area contributed by atoms with E-state index in [-0.39, 0.29) is 10.8 Å². The molecule has 0 heterocycles. The number of carbonyl (C=O) groups is 1. The molecule has 5 nitrogen and oxygen atoms in total. The Morgan fingerprint density at radius 3 is 2.62 bits per heavy atom. The van der Waals surface area contributed by atoms with Crippen LogP contribution in [0, 0.1) is 0 Å². The summed E-state index contributed by atoms with van der Waals surface area (Å²) in [7, 11) is 1.51. The Kier molecular flexibility index (Phi) is 4.55. The number of hydrogen-bond acceptors (Lipinski definition) is 4. The van der Waals surface area contributed by atoms with Crippen LogP contribution in [0.1, 0.15) is 11.6 Å². The number of aromatic hydroxyl groups is 1. The van der Waals surface area contributed by atoms with E-state index in [4.69, 9.17) is 16.3 Å². The van der Waals surface area contributed by atoms with Gasteiger partial charge in [-0.3, -0.25) is 0 Å². The second-order valence-electron chi connectivity index (χ2n) is 4.33. The lowest BCUT2D eigenvalue weighted by molar-refractivity contribution is -0.138. The molecule has 0 aliphatic carbocycles. The molecule has 0 radical (unpaired) electrons. The van der Waals surface area contributed by atoms with Crippen molar-refractivity contribution in [1.82, 2.24) is 0 Å². The predicted octanol–water partition coefficient (Wildman–Crippen LogP) is 3.29. The van der Waals surface area contributed by atoms with Crippen molar-refractivity contribution in [2.45, 2.75) is 6.04 Å². The number of methoxy groups -OCH3 is 1. The molecular formula is C15H14ClNO4. The van der Waals surface area contributed by atoms with Crippen LogP contribution in [0.5, 0.6) is 11.5 Å². The second kappa shape index (κ2) is 6.37. The van der Waals surface area contributed by atoms with Crippen molar-refractivity contribution < 1.29 is 19.7 Å². The van der Waals surface area contributed by atoms with Crippen molar-refractivity contribution in [1.29, 1.82) is 0 Å². The summed E-state index contributed by atoms with van der Waals surface area (Å²) in [5.74, 6) is -0.627. The molecule has 6 heteroatoms. The fourth-order valence-corrected chi connectivity index (χ4v) is 2.10. The van der Waals surface area contributed by atoms with Crippen LogP contribution >= 0.6 is 11.6 Å². The number of nitrogens with one attached hydrogen (secondary N) is 1. The molecule has 0 amide bonds. The first-order valence-corrected chi connectivity index (χ1v) is 6.51. The summed E-state index contributed by atoms with van der Waals surface area (Å²) in [6.07, 6.45) is 0. The van der Waals surface area contributed by atoms with Gasteiger partial charge in [0.2, 0.25) is 0 Å². The smallest absolute Gasteiger partial charge is 0.330 e. The van der Waals surface area contributed by atoms with Crippen molar-refractivity contribution in [2.75, 3.05) is 12.4 Å². The Labute approximate surface area is 126 Å². The van der Waals surface area contributed by atoms with Gasteiger partial charge >= 0.3 is 5.97 Å². The van der Waals surface area contributed by atoms with Gasteiger partial charge in [-0.15, -0.1) is 0 Å². The number of aliphatic carboxylic acids is 1. The van der Waals surface area contributed by atoms with E-state index in [1.54, 1.807) is 24.3 Å². The van der Waals surface area contributed by atoms with E-state index < -0.39 is 12.0 Å². The maximum absolute atomic E-state index is 11.5. The average Bonchev–Trinajstić information content (AvgIpc) is 2.48. The van der Waals surface area contributed by atoms with Crippen LogP contribution in [-0.4, -0.2) is 23.3 Å². The van der Waals surface area contributed by atoms with Crippen molar-refractivity contribution in [3.8, 4) is 11.5 Å². The number of anilines is 1. The van der Waals surface area contributed by atoms with E-state index >= 15 is 0 Å². The molecule has 0 fully saturated rings. The van der Waals surface area contributed by atoms with Crippen molar-refractivity contribution in [3.05, 3.63) is 53.1 Å². The van der Waals surface area contributed by atoms with Gasteiger partial charge in [0.1, 0.15) is 11.5 Å². The number of benzene rings is 2. The third-order valence-electron chi connectivity index (χ3n) is 2.96. The molecule has 0 saturated carbocycles. The third kappa shape index (κ3) is 3.38. The summed E-state index contributed by atoms with van der Waals surface area (Å²) in [4.78, 5) is 11.5. The van der Waals surface area contributed by atoms with Crippen molar-refractivity contribution >= 4 is 23.3 Å². The van der Waals surface area contributed by atoms with E-state index in [2.05, 4.69) is 5.32 Å². The molecule has 0 bridgehead atoms. The molecule has 1 atom stereocenters. The standard InChI is InChI=1S/C15H14ClNO4/c1-21-13-5-3-2-4-11(13)17-14(15(19)20)9-6-7-12(18)10(16)8-9/h2-8,14,17-18H,1H3,(H,19,20). The first-order chi connectivity index (χ1) is 10.0. The number of para-hydroxylation sites is 2. The van der Waals surface area contributed by atoms with Crippen LogP contribution in [0.25, 0.3) is 0 Å². The molecule has 0 aliphatic rings. The molecule has 0 aromatic heterocycles. The Balaban J connectivity index is 2.35. The van der Waals surface area contributed by atoms with Gasteiger partial charge in [-0.2, -0.15) is 0 Å². The number of ether oxygens (including phenoxy) is 1. The molecule has 2 aromatic rings. The highest BCUT2D eigenvalue weighted by atomic mass is 35.5. The highest BCUT2D eigenvalue weighted by Gasteiger charge is 2.21. The largest absolute Gasteiger partial charge is 0.506 e. The summed E-state index contributed by atoms with van der Waals surface area (Å²) < 4.78 is 5.18. The molecule has 21 heavy (non-hydrogen) atoms. The topological polar surface area (TPSA) is 78.8 Å². The highest BCUT2D eigenvalue weighted by molar-refractivity contribution is 6.32. The van der Waals surface area contributed by atoms with Gasteiger partial charge < -0.3 is 20.3 Å². The average molecular weight is 308 g/mol. The molecule has 0 aliphatic heterocycles. The van der Waals surface area contributed by atoms with Gasteiger partial charge in [-0.25, -0.2) is 4.79 Å². The number of rotatable bonds is 5. The lowest BCUT2D eigenvalue weighted by Crippen LogP contribution is -2.20. The van der Waals surface area contributed by atoms with E-state index in [9.17, 15) is 15.0 Å². The quantitative estimate of drug-likeness (QED) is 0.790. The predicted molar refractivity (Wildman–Crippen MR) is 80.1 cm³/mol. The zero-order chi connectivity index (χ0) is 15.4. The summed E-state index contributed by atoms with van der Waals surface area (Å²) in [5.41, 5.74) is 0.979. The van der Waals surface area contributed by atoms with Gasteiger partial charge in [0.25, 0.3) is 0 Å². The number of phenolic OH excluding ortho intramolecular Hbond substituents is 1. The summed E-state index contributed by atoms with van der Waals surface area (Å²) in [6, 6.07) is 10.3. The Bertz CT molecular complexity index is 660. The first kappa shape index (κ1) is 15.0. The second-order valence-corrected chi connectivity index (χ2v) is 4.73. The number of carboxylic acid groups (broad SMARTS) is 1. The minimum Gasteiger partial charge on any atom is -0.506 e. The fraction of sp³-hybridized carbons (Fsp3) is 0.133. The summed E-state index contributed by atoms with van der Waals surface area (Å²) >= 11 is 5.83. The zero-order valence-corrected chi connectivity index (χ0v) is 12.0. The summed E-state index contributed by atoms with van der Waals surface area (Å²) in [5, 5.41) is 21.8. The third-order valence-corrected chi connectivity index (χ3v) is 3.26. The molecule has 2 rings (SSSR count). The Morgan fingerprint density at radius 2 is 2.00 bits per heavy atom. The number of halogens is 1. The number of hydrogen-bond donors (Lipinski definition) is 3. The van der Waals surface area contributed by atoms with Crippen LogP contribution in [-0.2, 0) is 4.79 Å². The van der Waals surface area contributed by atoms with Gasteiger partial charge in [-0.05, 0) is 29.8 Å². The molecule has 0 saturated heterocycles. The molecule has 110 valence electrons. The van der Waals surface area contributed by atoms with E-state index in [1.807, 2.05) is 0 Å². The Morgan fingerprint density at radius 1 is 1.29 bits per heavy atom. The van der Waals surface area contributed by atoms with Gasteiger partial charge in [-0.1, -0.05) is 29.8 Å². The van der Waals surface area contributed by atoms with Crippen molar-refractivity contribution in [3.63, 3.8) is 0 Å². The van der Waals surface area contributed by atoms with E-state index in [0.717, 1.165) is 0 Å². The maximum Gasteiger partial charge on any atom is 0.330 e. The lowest BCUT2D eigenvalue weighted by Gasteiger charge is -2.18. The molecule has 1 unspecified atom stereocenters. The van der Waals surface area contributed by atoms with Crippen LogP contribution in [0.2, 0.25) is 5.02 Å². The van der Waals surface area contributed by atoms with E-state index in [0.29, 0.717) is 17.0 Å². The van der Waals surface area contributed by atoms with Crippen molar-refractivity contribution in [2.24, 2.45) is 0 Å². The minimum atomic E-state index is -1.07. The maximum atomic E-state index is 11.5. The minimum absolute atomic E-state index is 0.0955. The summed E-state index contributed by atoms with van der Waals surface area (Å²) in [6.45, 7) is 0. The Hall–Kier alpha value is -2.40. The van der Waals surface area contributed by atoms with Crippen LogP contribution in [0.15, 0.2) is 42.5 Å². The van der Waals surface area contributed by atoms with Crippen LogP contribution in [0.4, 0.5) is 5.69 Å². The number of carboxylic acids is 1. The van der Waals surface area contributed by atoms with Gasteiger partial charge in [0, 0.05) is 0 Å². The monoisotopic (exact) mass is 307 g/mol. The zero-order valence-electron chi connectivity index (χ0n) is 11.2. The molecule has 2 aromatic carbocycles. The fourth-order valence-electron chi connectivity index (χ4n) is 1.91. The first-order valence-electron chi connectivity index (χ1n) is 6.13. The van der Waals surface area contributed by atoms with E-state index in [1.165, 1.54) is 25.3 Å². The normalized spacial score (nSPS) is 11.7. The number of phenols is 1. The SMILES string of the molecule is COc1ccccc1NC(C(=O)O)c1ccc(O)c(Cl)c1. The van der Waals surface area contributed by atoms with Crippen LogP contribution < -0.4 is 10.1 Å². The van der Waals surface area contributed by atoms with Gasteiger partial charge in [0.15, 0.2) is 6.04 Å². The molecular weight excluding hydrogens is 294 g/mol. The lowest BCUT2D eigenvalue weighted by atomic mass is 10.1. The molecule has 0 spiro atoms. The van der Waals surface area contributed by atoms with Crippen LogP contribution in [0.3, 0.4) is 0 Å².